The summed E-state index contributed by atoms with van der Waals surface area (Å²) in [7, 11) is 0. The van der Waals surface area contributed by atoms with E-state index in [1.807, 2.05) is 4.90 Å². The fourth-order valence-corrected chi connectivity index (χ4v) is 7.05. The lowest BCUT2D eigenvalue weighted by Gasteiger charge is -2.41. The standard InChI is InChI=1S/C23H18Cl2F3N3O3/c24-11-8-13-18(14(25)9-11)29-21(34)22(13)17-16(15-5-2-6-30(15)22)19(32)31(20(17)33)12-4-1-3-10(7-12)23(26,27)28/h1,3-4,7-9,15-17,21,29,34H,2,5-6H2. The second kappa shape index (κ2) is 7.10. The number of fused-ring (bicyclic) bond motifs is 7. The van der Waals surface area contributed by atoms with Crippen molar-refractivity contribution in [1.82, 2.24) is 4.90 Å². The summed E-state index contributed by atoms with van der Waals surface area (Å²) in [5, 5.41) is 14.9. The third-order valence-corrected chi connectivity index (χ3v) is 8.15. The van der Waals surface area contributed by atoms with Gasteiger partial charge in [0.05, 0.1) is 33.8 Å². The first-order valence-electron chi connectivity index (χ1n) is 10.8. The maximum atomic E-state index is 13.9. The van der Waals surface area contributed by atoms with Crippen molar-refractivity contribution in [2.75, 3.05) is 16.8 Å². The largest absolute Gasteiger partial charge is 0.416 e. The lowest BCUT2D eigenvalue weighted by atomic mass is 9.75. The molecular formula is C23H18Cl2F3N3O3. The van der Waals surface area contributed by atoms with E-state index in [1.54, 1.807) is 6.07 Å². The second-order valence-corrected chi connectivity index (χ2v) is 9.99. The third kappa shape index (κ3) is 2.66. The Morgan fingerprint density at radius 1 is 1.12 bits per heavy atom. The van der Waals surface area contributed by atoms with Gasteiger partial charge in [0.15, 0.2) is 0 Å². The molecule has 3 fully saturated rings. The number of benzene rings is 2. The van der Waals surface area contributed by atoms with Gasteiger partial charge in [-0.25, -0.2) is 4.90 Å². The lowest BCUT2D eigenvalue weighted by molar-refractivity contribution is -0.137. The highest BCUT2D eigenvalue weighted by Crippen LogP contribution is 2.63. The molecule has 2 N–H and O–H groups in total. The number of carbonyl (C=O) groups excluding carboxylic acids is 2. The van der Waals surface area contributed by atoms with Crippen LogP contribution in [-0.2, 0) is 21.3 Å². The Labute approximate surface area is 202 Å². The van der Waals surface area contributed by atoms with Gasteiger partial charge in [0.1, 0.15) is 11.8 Å². The predicted octanol–water partition coefficient (Wildman–Crippen LogP) is 4.24. The summed E-state index contributed by atoms with van der Waals surface area (Å²) in [4.78, 5) is 30.3. The van der Waals surface area contributed by atoms with Crippen LogP contribution in [-0.4, -0.2) is 40.6 Å². The number of imide groups is 1. The number of amides is 2. The molecule has 2 amide bonds. The van der Waals surface area contributed by atoms with Gasteiger partial charge >= 0.3 is 6.18 Å². The molecule has 11 heteroatoms. The highest BCUT2D eigenvalue weighted by Gasteiger charge is 2.74. The Morgan fingerprint density at radius 2 is 1.88 bits per heavy atom. The third-order valence-electron chi connectivity index (χ3n) is 7.63. The van der Waals surface area contributed by atoms with Crippen LogP contribution in [0.3, 0.4) is 0 Å². The molecule has 2 aromatic rings. The summed E-state index contributed by atoms with van der Waals surface area (Å²) < 4.78 is 40.0. The van der Waals surface area contributed by atoms with Crippen molar-refractivity contribution in [3.05, 3.63) is 57.6 Å². The van der Waals surface area contributed by atoms with Gasteiger partial charge in [-0.3, -0.25) is 14.5 Å². The second-order valence-electron chi connectivity index (χ2n) is 9.15. The quantitative estimate of drug-likeness (QED) is 0.560. The van der Waals surface area contributed by atoms with Gasteiger partial charge in [-0.05, 0) is 49.7 Å². The molecule has 6 nitrogen and oxygen atoms in total. The number of nitrogens with one attached hydrogen (secondary N) is 1. The van der Waals surface area contributed by atoms with Crippen molar-refractivity contribution < 1.29 is 27.9 Å². The zero-order valence-corrected chi connectivity index (χ0v) is 19.0. The molecule has 5 unspecified atom stereocenters. The highest BCUT2D eigenvalue weighted by molar-refractivity contribution is 6.37. The summed E-state index contributed by atoms with van der Waals surface area (Å²) in [6, 6.07) is 6.99. The molecule has 1 spiro atoms. The van der Waals surface area contributed by atoms with Crippen LogP contribution >= 0.6 is 23.2 Å². The number of halogens is 5. The number of rotatable bonds is 1. The summed E-state index contributed by atoms with van der Waals surface area (Å²) in [5.41, 5.74) is -1.46. The minimum absolute atomic E-state index is 0.135. The monoisotopic (exact) mass is 511 g/mol. The molecule has 2 aromatic carbocycles. The van der Waals surface area contributed by atoms with Crippen LogP contribution in [0.2, 0.25) is 10.0 Å². The van der Waals surface area contributed by atoms with E-state index in [-0.39, 0.29) is 16.8 Å². The molecule has 6 rings (SSSR count). The molecule has 4 aliphatic heterocycles. The van der Waals surface area contributed by atoms with Gasteiger partial charge in [-0.1, -0.05) is 29.3 Å². The first-order chi connectivity index (χ1) is 16.1. The van der Waals surface area contributed by atoms with Crippen LogP contribution in [0.5, 0.6) is 0 Å². The molecule has 0 aromatic heterocycles. The Morgan fingerprint density at radius 3 is 2.62 bits per heavy atom. The van der Waals surface area contributed by atoms with Crippen LogP contribution in [0, 0.1) is 11.8 Å². The van der Waals surface area contributed by atoms with Gasteiger partial charge < -0.3 is 10.4 Å². The fourth-order valence-electron chi connectivity index (χ4n) is 6.50. The van der Waals surface area contributed by atoms with Crippen molar-refractivity contribution in [2.45, 2.75) is 36.8 Å². The Balaban J connectivity index is 1.53. The maximum absolute atomic E-state index is 13.9. The van der Waals surface area contributed by atoms with Gasteiger partial charge in [0.2, 0.25) is 11.8 Å². The number of anilines is 2. The number of hydrogen-bond donors (Lipinski definition) is 2. The van der Waals surface area contributed by atoms with Crippen molar-refractivity contribution in [1.29, 1.82) is 0 Å². The zero-order chi connectivity index (χ0) is 24.2. The minimum atomic E-state index is -4.63. The smallest absolute Gasteiger partial charge is 0.371 e. The molecule has 4 aliphatic rings. The van der Waals surface area contributed by atoms with Crippen molar-refractivity contribution in [3.8, 4) is 0 Å². The first-order valence-corrected chi connectivity index (χ1v) is 11.6. The van der Waals surface area contributed by atoms with Crippen molar-refractivity contribution >= 4 is 46.4 Å². The predicted molar refractivity (Wildman–Crippen MR) is 118 cm³/mol. The van der Waals surface area contributed by atoms with E-state index >= 15 is 0 Å². The molecule has 0 saturated carbocycles. The van der Waals surface area contributed by atoms with E-state index in [0.717, 1.165) is 23.5 Å². The van der Waals surface area contributed by atoms with Crippen LogP contribution in [0.4, 0.5) is 24.5 Å². The zero-order valence-electron chi connectivity index (χ0n) is 17.4. The molecule has 34 heavy (non-hydrogen) atoms. The Hall–Kier alpha value is -2.33. The number of aliphatic hydroxyl groups excluding tert-OH is 1. The molecule has 178 valence electrons. The first kappa shape index (κ1) is 22.2. The van der Waals surface area contributed by atoms with E-state index < -0.39 is 47.2 Å². The van der Waals surface area contributed by atoms with E-state index in [4.69, 9.17) is 23.2 Å². The Kier molecular flexibility index (Phi) is 4.63. The molecule has 0 bridgehead atoms. The van der Waals surface area contributed by atoms with Crippen LogP contribution in [0.25, 0.3) is 0 Å². The molecular weight excluding hydrogens is 494 g/mol. The van der Waals surface area contributed by atoms with Gasteiger partial charge in [-0.15, -0.1) is 0 Å². The average molecular weight is 512 g/mol. The molecule has 5 atom stereocenters. The highest BCUT2D eigenvalue weighted by atomic mass is 35.5. The summed E-state index contributed by atoms with van der Waals surface area (Å²) in [6.07, 6.45) is -4.53. The van der Waals surface area contributed by atoms with E-state index in [0.29, 0.717) is 29.2 Å². The van der Waals surface area contributed by atoms with Gasteiger partial charge in [0.25, 0.3) is 0 Å². The van der Waals surface area contributed by atoms with Crippen LogP contribution in [0.15, 0.2) is 36.4 Å². The molecule has 0 aliphatic carbocycles. The summed E-state index contributed by atoms with van der Waals surface area (Å²) >= 11 is 12.7. The molecule has 0 radical (unpaired) electrons. The number of aliphatic hydroxyl groups is 1. The summed E-state index contributed by atoms with van der Waals surface area (Å²) in [5.74, 6) is -3.03. The van der Waals surface area contributed by atoms with E-state index in [9.17, 15) is 27.9 Å². The molecule has 3 saturated heterocycles. The van der Waals surface area contributed by atoms with E-state index in [2.05, 4.69) is 5.32 Å². The maximum Gasteiger partial charge on any atom is 0.416 e. The Bertz CT molecular complexity index is 1260. The van der Waals surface area contributed by atoms with Gasteiger partial charge in [0, 0.05) is 16.6 Å². The van der Waals surface area contributed by atoms with Crippen molar-refractivity contribution in [2.24, 2.45) is 11.8 Å². The van der Waals surface area contributed by atoms with Crippen LogP contribution in [0.1, 0.15) is 24.0 Å². The SMILES string of the molecule is O=C1C2C3CCCN3C3(c4cc(Cl)cc(Cl)c4NC3O)C2C(=O)N1c1cccc(C(F)(F)F)c1. The number of alkyl halides is 3. The fraction of sp³-hybridized carbons (Fsp3) is 0.391. The number of carbonyl (C=O) groups is 2. The number of nitrogens with zero attached hydrogens (tertiary/aromatic N) is 2. The normalized spacial score (nSPS) is 32.4. The van der Waals surface area contributed by atoms with Crippen LogP contribution < -0.4 is 10.2 Å². The number of hydrogen-bond acceptors (Lipinski definition) is 5. The lowest BCUT2D eigenvalue weighted by Crippen LogP contribution is -2.56. The van der Waals surface area contributed by atoms with Crippen molar-refractivity contribution in [3.63, 3.8) is 0 Å². The molecule has 4 heterocycles. The average Bonchev–Trinajstić information content (AvgIpc) is 3.47. The topological polar surface area (TPSA) is 72.9 Å². The van der Waals surface area contributed by atoms with E-state index in [1.165, 1.54) is 18.2 Å². The minimum Gasteiger partial charge on any atom is -0.371 e. The van der Waals surface area contributed by atoms with Gasteiger partial charge in [-0.2, -0.15) is 13.2 Å². The summed E-state index contributed by atoms with van der Waals surface area (Å²) in [6.45, 7) is 0.546.